The second-order valence-electron chi connectivity index (χ2n) is 7.40. The Morgan fingerprint density at radius 2 is 2.10 bits per heavy atom. The molecule has 0 aliphatic heterocycles. The molecule has 114 valence electrons. The molecule has 1 aromatic rings. The Morgan fingerprint density at radius 1 is 1.35 bits per heavy atom. The lowest BCUT2D eigenvalue weighted by Crippen LogP contribution is -2.38. The van der Waals surface area contributed by atoms with Crippen LogP contribution in [0.5, 0.6) is 0 Å². The second-order valence-corrected chi connectivity index (χ2v) is 9.95. The largest absolute Gasteiger partial charge is 0.314 e. The third-order valence-corrected chi connectivity index (χ3v) is 6.20. The Morgan fingerprint density at radius 3 is 2.70 bits per heavy atom. The predicted octanol–water partition coefficient (Wildman–Crippen LogP) is 5.49. The zero-order valence-electron chi connectivity index (χ0n) is 13.2. The Labute approximate surface area is 136 Å². The van der Waals surface area contributed by atoms with E-state index in [2.05, 4.69) is 61.1 Å². The van der Waals surface area contributed by atoms with Crippen LogP contribution in [0.15, 0.2) is 15.9 Å². The lowest BCUT2D eigenvalue weighted by molar-refractivity contribution is 0.115. The fraction of sp³-hybridized carbons (Fsp3) is 0.765. The molecule has 1 aliphatic carbocycles. The monoisotopic (exact) mass is 357 g/mol. The van der Waals surface area contributed by atoms with Crippen LogP contribution in [-0.2, 0) is 6.42 Å². The number of nitrogens with one attached hydrogen (secondary N) is 1. The zero-order valence-corrected chi connectivity index (χ0v) is 15.6. The van der Waals surface area contributed by atoms with Crippen LogP contribution in [0.3, 0.4) is 0 Å². The first-order valence-electron chi connectivity index (χ1n) is 7.83. The van der Waals surface area contributed by atoms with Gasteiger partial charge >= 0.3 is 0 Å². The van der Waals surface area contributed by atoms with Gasteiger partial charge in [-0.1, -0.05) is 27.7 Å². The van der Waals surface area contributed by atoms with Crippen molar-refractivity contribution in [3.63, 3.8) is 0 Å². The molecule has 1 fully saturated rings. The first kappa shape index (κ1) is 16.5. The van der Waals surface area contributed by atoms with Crippen molar-refractivity contribution in [3.8, 4) is 0 Å². The van der Waals surface area contributed by atoms with Gasteiger partial charge < -0.3 is 5.32 Å². The number of rotatable bonds is 5. The van der Waals surface area contributed by atoms with Crippen LogP contribution in [0.2, 0.25) is 0 Å². The highest BCUT2D eigenvalue weighted by Gasteiger charge is 2.34. The molecule has 0 bridgehead atoms. The predicted molar refractivity (Wildman–Crippen MR) is 93.5 cm³/mol. The zero-order chi connectivity index (χ0) is 14.8. The van der Waals surface area contributed by atoms with Crippen molar-refractivity contribution in [3.05, 3.63) is 20.8 Å². The van der Waals surface area contributed by atoms with Gasteiger partial charge in [-0.2, -0.15) is 0 Å². The number of hydrogen-bond donors (Lipinski definition) is 1. The van der Waals surface area contributed by atoms with Crippen LogP contribution in [0.4, 0.5) is 0 Å². The van der Waals surface area contributed by atoms with Gasteiger partial charge in [-0.3, -0.25) is 0 Å². The van der Waals surface area contributed by atoms with Crippen LogP contribution in [0.25, 0.3) is 0 Å². The molecule has 0 radical (unpaired) electrons. The van der Waals surface area contributed by atoms with Crippen molar-refractivity contribution in [1.82, 2.24) is 5.32 Å². The number of thiophene rings is 1. The Balaban J connectivity index is 2.01. The van der Waals surface area contributed by atoms with Gasteiger partial charge in [0.05, 0.1) is 3.79 Å². The highest BCUT2D eigenvalue weighted by molar-refractivity contribution is 9.11. The minimum Gasteiger partial charge on any atom is -0.314 e. The third kappa shape index (κ3) is 4.85. The average Bonchev–Trinajstić information content (AvgIpc) is 2.72. The average molecular weight is 358 g/mol. The van der Waals surface area contributed by atoms with E-state index in [9.17, 15) is 0 Å². The van der Waals surface area contributed by atoms with Gasteiger partial charge in [-0.05, 0) is 77.5 Å². The summed E-state index contributed by atoms with van der Waals surface area (Å²) in [6.07, 6.45) is 5.38. The van der Waals surface area contributed by atoms with E-state index in [1.54, 1.807) is 0 Å². The highest BCUT2D eigenvalue weighted by Crippen LogP contribution is 2.43. The maximum absolute atomic E-state index is 3.66. The van der Waals surface area contributed by atoms with Crippen molar-refractivity contribution in [2.75, 3.05) is 6.54 Å². The van der Waals surface area contributed by atoms with Crippen LogP contribution in [0.1, 0.15) is 51.8 Å². The van der Waals surface area contributed by atoms with Crippen molar-refractivity contribution in [2.24, 2.45) is 17.3 Å². The molecule has 0 aromatic carbocycles. The summed E-state index contributed by atoms with van der Waals surface area (Å²) < 4.78 is 1.26. The minimum atomic E-state index is 0.521. The first-order valence-corrected chi connectivity index (χ1v) is 9.44. The van der Waals surface area contributed by atoms with Gasteiger partial charge in [0.1, 0.15) is 0 Å². The van der Waals surface area contributed by atoms with E-state index in [-0.39, 0.29) is 0 Å². The van der Waals surface area contributed by atoms with Crippen LogP contribution in [0, 0.1) is 17.3 Å². The molecular weight excluding hydrogens is 330 g/mol. The van der Waals surface area contributed by atoms with Gasteiger partial charge in [-0.15, -0.1) is 11.3 Å². The molecule has 1 heterocycles. The summed E-state index contributed by atoms with van der Waals surface area (Å²) in [6, 6.07) is 5.08. The molecule has 2 rings (SSSR count). The standard InChI is InChI=1S/C17H28BrNS/c1-12(2)19-11-13-7-8-17(3,4)10-14(13)9-15-5-6-16(18)20-15/h5-6,12-14,19H,7-11H2,1-4H3. The summed E-state index contributed by atoms with van der Waals surface area (Å²) in [7, 11) is 0. The van der Waals surface area contributed by atoms with E-state index < -0.39 is 0 Å². The topological polar surface area (TPSA) is 12.0 Å². The van der Waals surface area contributed by atoms with Gasteiger partial charge in [0.15, 0.2) is 0 Å². The summed E-state index contributed by atoms with van der Waals surface area (Å²) >= 11 is 5.49. The number of halogens is 1. The van der Waals surface area contributed by atoms with E-state index in [0.717, 1.165) is 11.8 Å². The molecule has 1 saturated carbocycles. The van der Waals surface area contributed by atoms with Gasteiger partial charge in [0, 0.05) is 10.9 Å². The van der Waals surface area contributed by atoms with E-state index in [0.29, 0.717) is 11.5 Å². The molecule has 1 aliphatic rings. The minimum absolute atomic E-state index is 0.521. The van der Waals surface area contributed by atoms with Crippen LogP contribution < -0.4 is 5.32 Å². The van der Waals surface area contributed by atoms with E-state index >= 15 is 0 Å². The van der Waals surface area contributed by atoms with Gasteiger partial charge in [0.2, 0.25) is 0 Å². The molecule has 2 atom stereocenters. The normalized spacial score (nSPS) is 26.1. The fourth-order valence-electron chi connectivity index (χ4n) is 3.40. The Hall–Kier alpha value is 0.140. The number of hydrogen-bond acceptors (Lipinski definition) is 2. The summed E-state index contributed by atoms with van der Waals surface area (Å²) in [4.78, 5) is 1.54. The highest BCUT2D eigenvalue weighted by atomic mass is 79.9. The smallest absolute Gasteiger partial charge is 0.0701 e. The van der Waals surface area contributed by atoms with Crippen LogP contribution >= 0.6 is 27.3 Å². The molecule has 1 N–H and O–H groups in total. The van der Waals surface area contributed by atoms with E-state index in [1.807, 2.05) is 11.3 Å². The van der Waals surface area contributed by atoms with Gasteiger partial charge in [0.25, 0.3) is 0 Å². The Kier molecular flexibility index (Phi) is 5.72. The first-order chi connectivity index (χ1) is 9.35. The maximum Gasteiger partial charge on any atom is 0.0701 e. The van der Waals surface area contributed by atoms with Crippen molar-refractivity contribution in [1.29, 1.82) is 0 Å². The molecule has 1 aromatic heterocycles. The fourth-order valence-corrected chi connectivity index (χ4v) is 4.98. The summed E-state index contributed by atoms with van der Waals surface area (Å²) in [5, 5.41) is 3.66. The maximum atomic E-state index is 3.66. The second kappa shape index (κ2) is 6.93. The Bertz CT molecular complexity index is 422. The van der Waals surface area contributed by atoms with Crippen LogP contribution in [-0.4, -0.2) is 12.6 Å². The van der Waals surface area contributed by atoms with Crippen molar-refractivity contribution >= 4 is 27.3 Å². The third-order valence-electron chi connectivity index (χ3n) is 4.55. The SMILES string of the molecule is CC(C)NCC1CCC(C)(C)CC1Cc1ccc(Br)s1. The van der Waals surface area contributed by atoms with E-state index in [4.69, 9.17) is 0 Å². The lowest BCUT2D eigenvalue weighted by atomic mass is 9.66. The molecule has 3 heteroatoms. The molecule has 0 amide bonds. The molecule has 0 saturated heterocycles. The molecular formula is C17H28BrNS. The molecule has 2 unspecified atom stereocenters. The molecule has 1 nitrogen and oxygen atoms in total. The summed E-state index contributed by atoms with van der Waals surface area (Å²) in [5.74, 6) is 1.67. The van der Waals surface area contributed by atoms with E-state index in [1.165, 1.54) is 40.9 Å². The van der Waals surface area contributed by atoms with Crippen molar-refractivity contribution < 1.29 is 0 Å². The summed E-state index contributed by atoms with van der Waals surface area (Å²) in [5.41, 5.74) is 0.521. The van der Waals surface area contributed by atoms with Crippen molar-refractivity contribution in [2.45, 2.75) is 59.4 Å². The molecule has 0 spiro atoms. The van der Waals surface area contributed by atoms with Gasteiger partial charge in [-0.25, -0.2) is 0 Å². The lowest BCUT2D eigenvalue weighted by Gasteiger charge is -2.41. The summed E-state index contributed by atoms with van der Waals surface area (Å²) in [6.45, 7) is 10.6. The molecule has 20 heavy (non-hydrogen) atoms. The quantitative estimate of drug-likeness (QED) is 0.733.